The first-order valence-corrected chi connectivity index (χ1v) is 24.4. The predicted octanol–water partition coefficient (Wildman–Crippen LogP) is 17.2. The van der Waals surface area contributed by atoms with E-state index in [2.05, 4.69) is 272 Å². The van der Waals surface area contributed by atoms with Crippen LogP contribution in [0, 0.1) is 0 Å². The molecule has 0 radical (unpaired) electrons. The van der Waals surface area contributed by atoms with Crippen LogP contribution in [0.25, 0.3) is 137 Å². The molecule has 0 amide bonds. The maximum absolute atomic E-state index is 2.52. The van der Waals surface area contributed by atoms with Crippen molar-refractivity contribution in [1.82, 2.24) is 22.8 Å². The Labute approximate surface area is 407 Å². The molecule has 0 unspecified atom stereocenters. The molecule has 0 N–H and O–H groups in total. The summed E-state index contributed by atoms with van der Waals surface area (Å²) in [5.74, 6) is 0. The second kappa shape index (κ2) is 14.5. The third kappa shape index (κ3) is 5.29. The van der Waals surface area contributed by atoms with Gasteiger partial charge in [-0.05, 0) is 103 Å². The minimum atomic E-state index is 1.11. The lowest BCUT2D eigenvalue weighted by atomic mass is 10.1. The van der Waals surface area contributed by atoms with Gasteiger partial charge in [-0.2, -0.15) is 0 Å². The minimum Gasteiger partial charge on any atom is -0.309 e. The number of fused-ring (bicyclic) bond motifs is 15. The fraction of sp³-hybridized carbons (Fsp3) is 0. The van der Waals surface area contributed by atoms with Gasteiger partial charge in [0.15, 0.2) is 0 Å². The van der Waals surface area contributed by atoms with Crippen LogP contribution in [-0.4, -0.2) is 22.8 Å². The van der Waals surface area contributed by atoms with Crippen LogP contribution < -0.4 is 0 Å². The molecule has 71 heavy (non-hydrogen) atoms. The van der Waals surface area contributed by atoms with Gasteiger partial charge in [-0.1, -0.05) is 146 Å². The third-order valence-corrected chi connectivity index (χ3v) is 15.3. The Morgan fingerprint density at radius 3 is 0.831 bits per heavy atom. The molecule has 5 heteroatoms. The molecule has 5 heterocycles. The van der Waals surface area contributed by atoms with Gasteiger partial charge in [-0.3, -0.25) is 0 Å². The summed E-state index contributed by atoms with van der Waals surface area (Å²) in [5, 5.41) is 12.3. The summed E-state index contributed by atoms with van der Waals surface area (Å²) in [4.78, 5) is 0. The summed E-state index contributed by atoms with van der Waals surface area (Å²) in [6.45, 7) is 0. The lowest BCUT2D eigenvalue weighted by Crippen LogP contribution is -2.03. The van der Waals surface area contributed by atoms with Crippen LogP contribution in [0.3, 0.4) is 0 Å². The Hall–Kier alpha value is -9.58. The molecule has 0 saturated heterocycles. The zero-order valence-electron chi connectivity index (χ0n) is 38.4. The highest BCUT2D eigenvalue weighted by Gasteiger charge is 2.24. The SMILES string of the molecule is c1ccc2c(c1)c1ccccc1n2-c1ccc(-n2c3ccccc3c3cc(-n4c5ccccc5c5cc(-n6c7ccccc7c7ccccc76)cc(-n6c7ccccc7c7ccccc76)c54)ccc32)cc1. The van der Waals surface area contributed by atoms with Gasteiger partial charge in [-0.15, -0.1) is 0 Å². The van der Waals surface area contributed by atoms with Crippen molar-refractivity contribution in [2.45, 2.75) is 0 Å². The van der Waals surface area contributed by atoms with Crippen molar-refractivity contribution in [1.29, 1.82) is 0 Å². The van der Waals surface area contributed by atoms with E-state index >= 15 is 0 Å². The van der Waals surface area contributed by atoms with Crippen molar-refractivity contribution in [2.75, 3.05) is 0 Å². The summed E-state index contributed by atoms with van der Waals surface area (Å²) in [6.07, 6.45) is 0. The first-order valence-electron chi connectivity index (χ1n) is 24.4. The minimum absolute atomic E-state index is 1.11. The van der Waals surface area contributed by atoms with E-state index in [1.54, 1.807) is 0 Å². The average Bonchev–Trinajstić information content (AvgIpc) is 4.23. The van der Waals surface area contributed by atoms with Crippen molar-refractivity contribution in [2.24, 2.45) is 0 Å². The van der Waals surface area contributed by atoms with E-state index < -0.39 is 0 Å². The summed E-state index contributed by atoms with van der Waals surface area (Å²) in [5.41, 5.74) is 17.4. The normalized spacial score (nSPS) is 12.2. The number of hydrogen-bond acceptors (Lipinski definition) is 0. The number of para-hydroxylation sites is 8. The van der Waals surface area contributed by atoms with Gasteiger partial charge < -0.3 is 22.8 Å². The van der Waals surface area contributed by atoms with Crippen LogP contribution in [0.4, 0.5) is 0 Å². The Kier molecular flexibility index (Phi) is 7.82. The lowest BCUT2D eigenvalue weighted by molar-refractivity contribution is 1.11. The summed E-state index contributed by atoms with van der Waals surface area (Å²) in [7, 11) is 0. The van der Waals surface area contributed by atoms with Crippen LogP contribution >= 0.6 is 0 Å². The fourth-order valence-corrected chi connectivity index (χ4v) is 12.3. The molecule has 0 atom stereocenters. The highest BCUT2D eigenvalue weighted by Crippen LogP contribution is 2.44. The molecule has 16 rings (SSSR count). The van der Waals surface area contributed by atoms with Crippen molar-refractivity contribution in [3.8, 4) is 28.4 Å². The molecule has 16 aromatic rings. The number of rotatable bonds is 5. The number of nitrogens with zero attached hydrogens (tertiary/aromatic N) is 5. The molecule has 0 bridgehead atoms. The van der Waals surface area contributed by atoms with E-state index in [4.69, 9.17) is 0 Å². The fourth-order valence-electron chi connectivity index (χ4n) is 12.3. The molecule has 0 fully saturated rings. The molecule has 11 aromatic carbocycles. The molecule has 0 saturated carbocycles. The van der Waals surface area contributed by atoms with E-state index in [-0.39, 0.29) is 0 Å². The molecule has 330 valence electrons. The van der Waals surface area contributed by atoms with E-state index in [1.807, 2.05) is 0 Å². The van der Waals surface area contributed by atoms with Crippen LogP contribution in [0.5, 0.6) is 0 Å². The summed E-state index contributed by atoms with van der Waals surface area (Å²) >= 11 is 0. The molecule has 0 aliphatic heterocycles. The molecule has 5 aromatic heterocycles. The second-order valence-electron chi connectivity index (χ2n) is 18.9. The molecule has 0 aliphatic rings. The molecular formula is C66H41N5. The van der Waals surface area contributed by atoms with Crippen molar-refractivity contribution < 1.29 is 0 Å². The first kappa shape index (κ1) is 38.4. The largest absolute Gasteiger partial charge is 0.309 e. The van der Waals surface area contributed by atoms with Gasteiger partial charge in [0.25, 0.3) is 0 Å². The molecule has 0 aliphatic carbocycles. The Morgan fingerprint density at radius 1 is 0.169 bits per heavy atom. The van der Waals surface area contributed by atoms with Gasteiger partial charge in [-0.25, -0.2) is 0 Å². The number of hydrogen-bond donors (Lipinski definition) is 0. The van der Waals surface area contributed by atoms with Gasteiger partial charge >= 0.3 is 0 Å². The maximum atomic E-state index is 2.52. The topological polar surface area (TPSA) is 24.6 Å². The van der Waals surface area contributed by atoms with E-state index in [1.165, 1.54) is 92.5 Å². The summed E-state index contributed by atoms with van der Waals surface area (Å²) in [6, 6.07) is 91.6. The van der Waals surface area contributed by atoms with Crippen molar-refractivity contribution >= 4 is 109 Å². The standard InChI is InChI=1S/C66H41N5/c1-9-25-56-46(17-1)47-18-2-10-26-57(47)67(56)42-33-35-43(36-34-42)68-60-29-13-7-23-52(60)54-39-44(37-38-64(54)68)70-61-30-14-8-24-53(61)55-40-45(69-58-27-11-3-19-48(58)49-20-4-12-28-59(49)69)41-65(66(55)70)71-62-31-15-5-21-50(62)51-22-6-16-32-63(51)71/h1-41H. The maximum Gasteiger partial charge on any atom is 0.0784 e. The second-order valence-corrected chi connectivity index (χ2v) is 18.9. The van der Waals surface area contributed by atoms with Gasteiger partial charge in [0, 0.05) is 76.6 Å². The highest BCUT2D eigenvalue weighted by atomic mass is 15.1. The van der Waals surface area contributed by atoms with E-state index in [9.17, 15) is 0 Å². The van der Waals surface area contributed by atoms with Crippen LogP contribution in [0.2, 0.25) is 0 Å². The van der Waals surface area contributed by atoms with E-state index in [0.717, 1.165) is 45.0 Å². The average molecular weight is 904 g/mol. The zero-order chi connectivity index (χ0) is 46.3. The van der Waals surface area contributed by atoms with E-state index in [0.29, 0.717) is 0 Å². The van der Waals surface area contributed by atoms with Crippen LogP contribution in [-0.2, 0) is 0 Å². The first-order chi connectivity index (χ1) is 35.3. The molecule has 0 spiro atoms. The quantitative estimate of drug-likeness (QED) is 0.164. The molecular weight excluding hydrogens is 863 g/mol. The van der Waals surface area contributed by atoms with Crippen molar-refractivity contribution in [3.63, 3.8) is 0 Å². The van der Waals surface area contributed by atoms with Gasteiger partial charge in [0.1, 0.15) is 0 Å². The zero-order valence-corrected chi connectivity index (χ0v) is 38.4. The van der Waals surface area contributed by atoms with Crippen LogP contribution in [0.1, 0.15) is 0 Å². The third-order valence-electron chi connectivity index (χ3n) is 15.3. The molecule has 5 nitrogen and oxygen atoms in total. The van der Waals surface area contributed by atoms with Gasteiger partial charge in [0.2, 0.25) is 0 Å². The predicted molar refractivity (Wildman–Crippen MR) is 298 cm³/mol. The Bertz CT molecular complexity index is 4720. The monoisotopic (exact) mass is 903 g/mol. The Balaban J connectivity index is 0.959. The van der Waals surface area contributed by atoms with Gasteiger partial charge in [0.05, 0.1) is 60.9 Å². The Morgan fingerprint density at radius 2 is 0.437 bits per heavy atom. The highest BCUT2D eigenvalue weighted by molar-refractivity contribution is 6.18. The van der Waals surface area contributed by atoms with Crippen molar-refractivity contribution in [3.05, 3.63) is 249 Å². The lowest BCUT2D eigenvalue weighted by Gasteiger charge is -2.17. The summed E-state index contributed by atoms with van der Waals surface area (Å²) < 4.78 is 12.3. The smallest absolute Gasteiger partial charge is 0.0784 e. The number of benzene rings is 11. The van der Waals surface area contributed by atoms with Crippen LogP contribution in [0.15, 0.2) is 249 Å². The number of aromatic nitrogens is 5.